The molecule has 3 aromatic rings. The number of fused-ring (bicyclic) bond motifs is 1. The molecule has 1 aliphatic heterocycles. The van der Waals surface area contributed by atoms with Gasteiger partial charge in [-0.05, 0) is 41.8 Å². The lowest BCUT2D eigenvalue weighted by Gasteiger charge is -2.19. The molecule has 6 nitrogen and oxygen atoms in total. The van der Waals surface area contributed by atoms with E-state index in [4.69, 9.17) is 0 Å². The molecule has 4 rings (SSSR count). The Hall–Kier alpha value is -3.64. The maximum absolute atomic E-state index is 13.0. The topological polar surface area (TPSA) is 81.7 Å². The monoisotopic (exact) mass is 401 g/mol. The average molecular weight is 401 g/mol. The number of carbonyl (C=O) groups is 2. The van der Waals surface area contributed by atoms with Gasteiger partial charge in [-0.2, -0.15) is 0 Å². The number of carbonyl (C=O) groups excluding carboxylic acids is 2. The lowest BCUT2D eigenvalue weighted by molar-refractivity contribution is 0.0989. The van der Waals surface area contributed by atoms with Crippen molar-refractivity contribution in [3.8, 4) is 0 Å². The lowest BCUT2D eigenvalue weighted by atomic mass is 10.1. The van der Waals surface area contributed by atoms with Crippen LogP contribution >= 0.6 is 0 Å². The molecule has 1 atom stereocenters. The van der Waals surface area contributed by atoms with Gasteiger partial charge in [0.1, 0.15) is 0 Å². The Labute approximate surface area is 175 Å². The third-order valence-corrected chi connectivity index (χ3v) is 5.19. The van der Waals surface area contributed by atoms with Gasteiger partial charge in [0.25, 0.3) is 5.91 Å². The summed E-state index contributed by atoms with van der Waals surface area (Å²) in [4.78, 5) is 27.2. The van der Waals surface area contributed by atoms with E-state index in [1.54, 1.807) is 29.2 Å². The van der Waals surface area contributed by atoms with Crippen LogP contribution in [0.15, 0.2) is 78.9 Å². The fourth-order valence-electron chi connectivity index (χ4n) is 3.68. The van der Waals surface area contributed by atoms with Gasteiger partial charge in [0.2, 0.25) is 0 Å². The first-order valence-corrected chi connectivity index (χ1v) is 9.89. The molecule has 0 unspecified atom stereocenters. The quantitative estimate of drug-likeness (QED) is 0.609. The van der Waals surface area contributed by atoms with Crippen molar-refractivity contribution >= 4 is 23.3 Å². The van der Waals surface area contributed by atoms with Gasteiger partial charge >= 0.3 is 6.03 Å². The molecule has 152 valence electrons. The molecule has 1 heterocycles. The lowest BCUT2D eigenvalue weighted by Crippen LogP contribution is -2.34. The van der Waals surface area contributed by atoms with E-state index in [1.165, 1.54) is 0 Å². The zero-order chi connectivity index (χ0) is 20.9. The third-order valence-electron chi connectivity index (χ3n) is 5.19. The number of anilines is 2. The molecule has 0 saturated heterocycles. The van der Waals surface area contributed by atoms with E-state index in [-0.39, 0.29) is 12.5 Å². The van der Waals surface area contributed by atoms with Crippen molar-refractivity contribution in [2.45, 2.75) is 12.5 Å². The van der Waals surface area contributed by atoms with Gasteiger partial charge in [0, 0.05) is 23.5 Å². The molecule has 0 fully saturated rings. The smallest absolute Gasteiger partial charge is 0.319 e. The number of rotatable bonds is 5. The molecule has 1 aliphatic rings. The third kappa shape index (κ3) is 4.18. The number of para-hydroxylation sites is 1. The van der Waals surface area contributed by atoms with Crippen LogP contribution in [0.4, 0.5) is 16.2 Å². The maximum Gasteiger partial charge on any atom is 0.319 e. The minimum absolute atomic E-state index is 0.0958. The maximum atomic E-state index is 13.0. The first-order valence-electron chi connectivity index (χ1n) is 9.89. The summed E-state index contributed by atoms with van der Waals surface area (Å²) in [6.45, 7) is 0.426. The summed E-state index contributed by atoms with van der Waals surface area (Å²) in [5.74, 6) is -0.0958. The molecular formula is C24H23N3O3. The zero-order valence-electron chi connectivity index (χ0n) is 16.4. The van der Waals surface area contributed by atoms with Crippen molar-refractivity contribution in [3.63, 3.8) is 0 Å². The van der Waals surface area contributed by atoms with E-state index in [0.717, 1.165) is 23.2 Å². The predicted molar refractivity (Wildman–Crippen MR) is 117 cm³/mol. The Morgan fingerprint density at radius 1 is 0.967 bits per heavy atom. The van der Waals surface area contributed by atoms with E-state index >= 15 is 0 Å². The minimum Gasteiger partial charge on any atom is -0.394 e. The van der Waals surface area contributed by atoms with Crippen molar-refractivity contribution in [1.82, 2.24) is 5.32 Å². The van der Waals surface area contributed by atoms with E-state index in [9.17, 15) is 14.7 Å². The van der Waals surface area contributed by atoms with Gasteiger partial charge in [-0.1, -0.05) is 54.6 Å². The Morgan fingerprint density at radius 2 is 1.73 bits per heavy atom. The van der Waals surface area contributed by atoms with Gasteiger partial charge in [-0.25, -0.2) is 4.79 Å². The van der Waals surface area contributed by atoms with E-state index in [2.05, 4.69) is 10.6 Å². The van der Waals surface area contributed by atoms with Crippen LogP contribution in [-0.4, -0.2) is 30.2 Å². The minimum atomic E-state index is -0.517. The average Bonchev–Trinajstić information content (AvgIpc) is 3.22. The highest BCUT2D eigenvalue weighted by atomic mass is 16.3. The molecule has 3 amide bonds. The van der Waals surface area contributed by atoms with E-state index in [1.807, 2.05) is 54.6 Å². The summed E-state index contributed by atoms with van der Waals surface area (Å²) in [5, 5.41) is 15.1. The van der Waals surface area contributed by atoms with Crippen molar-refractivity contribution in [2.24, 2.45) is 0 Å². The molecule has 30 heavy (non-hydrogen) atoms. The summed E-state index contributed by atoms with van der Waals surface area (Å²) in [5.41, 5.74) is 3.93. The van der Waals surface area contributed by atoms with Crippen molar-refractivity contribution in [2.75, 3.05) is 23.4 Å². The summed E-state index contributed by atoms with van der Waals surface area (Å²) in [6, 6.07) is 23.1. The molecule has 3 N–H and O–H groups in total. The van der Waals surface area contributed by atoms with Gasteiger partial charge in [-0.15, -0.1) is 0 Å². The molecule has 0 aliphatic carbocycles. The number of urea groups is 1. The number of aliphatic hydroxyl groups is 1. The summed E-state index contributed by atoms with van der Waals surface area (Å²) >= 11 is 0. The number of benzene rings is 3. The van der Waals surface area contributed by atoms with E-state index in [0.29, 0.717) is 17.8 Å². The number of aliphatic hydroxyl groups excluding tert-OH is 1. The predicted octanol–water partition coefficient (Wildman–Crippen LogP) is 3.74. The van der Waals surface area contributed by atoms with Crippen LogP contribution in [-0.2, 0) is 6.42 Å². The standard InChI is InChI=1S/C24H23N3O3/c28-16-21(17-7-2-1-3-8-17)26-24(30)25-20-11-6-10-19(15-20)23(29)27-14-13-18-9-4-5-12-22(18)27/h1-12,15,21,28H,13-14,16H2,(H2,25,26,30)/t21-/m1/s1. The van der Waals surface area contributed by atoms with Crippen LogP contribution in [0.5, 0.6) is 0 Å². The molecule has 3 aromatic carbocycles. The Balaban J connectivity index is 1.45. The highest BCUT2D eigenvalue weighted by Crippen LogP contribution is 2.29. The largest absolute Gasteiger partial charge is 0.394 e. The zero-order valence-corrected chi connectivity index (χ0v) is 16.4. The second-order valence-corrected chi connectivity index (χ2v) is 7.16. The van der Waals surface area contributed by atoms with Crippen LogP contribution in [0.3, 0.4) is 0 Å². The molecule has 0 saturated carbocycles. The summed E-state index contributed by atoms with van der Waals surface area (Å²) in [7, 11) is 0. The number of hydrogen-bond acceptors (Lipinski definition) is 3. The SMILES string of the molecule is O=C(Nc1cccc(C(=O)N2CCc3ccccc32)c1)N[C@H](CO)c1ccccc1. The molecule has 0 spiro atoms. The first-order chi connectivity index (χ1) is 14.7. The highest BCUT2D eigenvalue weighted by Gasteiger charge is 2.25. The number of nitrogens with one attached hydrogen (secondary N) is 2. The van der Waals surface area contributed by atoms with Crippen LogP contribution in [0, 0.1) is 0 Å². The molecule has 0 bridgehead atoms. The summed E-state index contributed by atoms with van der Waals surface area (Å²) in [6.07, 6.45) is 0.838. The van der Waals surface area contributed by atoms with Gasteiger partial charge in [0.15, 0.2) is 0 Å². The van der Waals surface area contributed by atoms with Crippen molar-refractivity contribution in [1.29, 1.82) is 0 Å². The number of hydrogen-bond donors (Lipinski definition) is 3. The van der Waals surface area contributed by atoms with Crippen molar-refractivity contribution < 1.29 is 14.7 Å². The second-order valence-electron chi connectivity index (χ2n) is 7.16. The Morgan fingerprint density at radius 3 is 2.53 bits per heavy atom. The first kappa shape index (κ1) is 19.7. The van der Waals surface area contributed by atoms with Crippen LogP contribution in [0.1, 0.15) is 27.5 Å². The second kappa shape index (κ2) is 8.80. The summed E-state index contributed by atoms with van der Waals surface area (Å²) < 4.78 is 0. The van der Waals surface area contributed by atoms with E-state index < -0.39 is 12.1 Å². The van der Waals surface area contributed by atoms with Crippen molar-refractivity contribution in [3.05, 3.63) is 95.6 Å². The van der Waals surface area contributed by atoms with Crippen LogP contribution < -0.4 is 15.5 Å². The normalized spacial score (nSPS) is 13.4. The molecular weight excluding hydrogens is 378 g/mol. The number of nitrogens with zero attached hydrogens (tertiary/aromatic N) is 1. The number of amides is 3. The molecule has 6 heteroatoms. The van der Waals surface area contributed by atoms with Gasteiger partial charge in [0.05, 0.1) is 12.6 Å². The fourth-order valence-corrected chi connectivity index (χ4v) is 3.68. The van der Waals surface area contributed by atoms with Crippen LogP contribution in [0.25, 0.3) is 0 Å². The van der Waals surface area contributed by atoms with Gasteiger partial charge in [-0.3, -0.25) is 4.79 Å². The highest BCUT2D eigenvalue weighted by molar-refractivity contribution is 6.08. The Kier molecular flexibility index (Phi) is 5.77. The Bertz CT molecular complexity index is 1050. The van der Waals surface area contributed by atoms with Gasteiger partial charge < -0.3 is 20.6 Å². The van der Waals surface area contributed by atoms with Crippen LogP contribution in [0.2, 0.25) is 0 Å². The molecule has 0 radical (unpaired) electrons. The fraction of sp³-hybridized carbons (Fsp3) is 0.167. The molecule has 0 aromatic heterocycles.